The SMILES string of the molecule is COc1ccc(-c2nnc(COc3cc(C)ccc3C(N)=O)o2)cc1. The second-order valence-electron chi connectivity index (χ2n) is 5.38. The van der Waals surface area contributed by atoms with Gasteiger partial charge in [-0.25, -0.2) is 0 Å². The molecule has 128 valence electrons. The third kappa shape index (κ3) is 3.77. The van der Waals surface area contributed by atoms with E-state index in [0.717, 1.165) is 16.9 Å². The van der Waals surface area contributed by atoms with Gasteiger partial charge in [0.05, 0.1) is 12.7 Å². The number of aryl methyl sites for hydroxylation is 1. The van der Waals surface area contributed by atoms with Gasteiger partial charge in [-0.2, -0.15) is 0 Å². The number of primary amides is 1. The van der Waals surface area contributed by atoms with Crippen LogP contribution in [0.25, 0.3) is 11.5 Å². The van der Waals surface area contributed by atoms with Crippen LogP contribution in [0.1, 0.15) is 21.8 Å². The molecule has 3 aromatic rings. The van der Waals surface area contributed by atoms with Crippen LogP contribution in [0.4, 0.5) is 0 Å². The molecule has 2 N–H and O–H groups in total. The summed E-state index contributed by atoms with van der Waals surface area (Å²) in [6, 6.07) is 12.4. The van der Waals surface area contributed by atoms with E-state index < -0.39 is 5.91 Å². The molecule has 0 aliphatic carbocycles. The van der Waals surface area contributed by atoms with Crippen molar-refractivity contribution < 1.29 is 18.7 Å². The minimum atomic E-state index is -0.556. The lowest BCUT2D eigenvalue weighted by atomic mass is 10.1. The Balaban J connectivity index is 1.74. The van der Waals surface area contributed by atoms with Gasteiger partial charge in [-0.3, -0.25) is 4.79 Å². The van der Waals surface area contributed by atoms with Gasteiger partial charge in [0.25, 0.3) is 11.8 Å². The third-order valence-electron chi connectivity index (χ3n) is 3.56. The molecule has 2 aromatic carbocycles. The Morgan fingerprint density at radius 2 is 1.92 bits per heavy atom. The summed E-state index contributed by atoms with van der Waals surface area (Å²) in [5.41, 5.74) is 7.38. The molecule has 0 radical (unpaired) electrons. The molecule has 0 aliphatic heterocycles. The van der Waals surface area contributed by atoms with Crippen molar-refractivity contribution in [3.63, 3.8) is 0 Å². The zero-order valence-electron chi connectivity index (χ0n) is 13.9. The van der Waals surface area contributed by atoms with E-state index in [2.05, 4.69) is 10.2 Å². The third-order valence-corrected chi connectivity index (χ3v) is 3.56. The highest BCUT2D eigenvalue weighted by Gasteiger charge is 2.13. The number of hydrogen-bond donors (Lipinski definition) is 1. The molecular weight excluding hydrogens is 322 g/mol. The number of nitrogens with two attached hydrogens (primary N) is 1. The van der Waals surface area contributed by atoms with E-state index in [1.807, 2.05) is 31.2 Å². The Kier molecular flexibility index (Phi) is 4.65. The molecule has 25 heavy (non-hydrogen) atoms. The second kappa shape index (κ2) is 7.04. The number of aromatic nitrogens is 2. The minimum absolute atomic E-state index is 0.0346. The molecule has 0 unspecified atom stereocenters. The number of carbonyl (C=O) groups is 1. The van der Waals surface area contributed by atoms with Crippen molar-refractivity contribution in [2.45, 2.75) is 13.5 Å². The van der Waals surface area contributed by atoms with Gasteiger partial charge in [-0.15, -0.1) is 10.2 Å². The molecule has 0 atom stereocenters. The molecule has 0 saturated heterocycles. The van der Waals surface area contributed by atoms with Crippen LogP contribution in [0, 0.1) is 6.92 Å². The molecule has 7 heteroatoms. The number of carbonyl (C=O) groups excluding carboxylic acids is 1. The van der Waals surface area contributed by atoms with Gasteiger partial charge in [-0.1, -0.05) is 6.07 Å². The van der Waals surface area contributed by atoms with Gasteiger partial charge in [0.15, 0.2) is 6.61 Å². The molecule has 3 rings (SSSR count). The highest BCUT2D eigenvalue weighted by atomic mass is 16.5. The summed E-state index contributed by atoms with van der Waals surface area (Å²) >= 11 is 0. The largest absolute Gasteiger partial charge is 0.497 e. The minimum Gasteiger partial charge on any atom is -0.497 e. The predicted octanol–water partition coefficient (Wildman–Crippen LogP) is 2.73. The molecule has 1 heterocycles. The van der Waals surface area contributed by atoms with Crippen LogP contribution < -0.4 is 15.2 Å². The van der Waals surface area contributed by atoms with Crippen LogP contribution >= 0.6 is 0 Å². The predicted molar refractivity (Wildman–Crippen MR) is 90.3 cm³/mol. The number of rotatable bonds is 6. The summed E-state index contributed by atoms with van der Waals surface area (Å²) in [6.07, 6.45) is 0. The molecule has 0 bridgehead atoms. The summed E-state index contributed by atoms with van der Waals surface area (Å²) < 4.78 is 16.3. The van der Waals surface area contributed by atoms with E-state index in [1.165, 1.54) is 0 Å². The summed E-state index contributed by atoms with van der Waals surface area (Å²) in [7, 11) is 1.60. The molecule has 0 aliphatic rings. The second-order valence-corrected chi connectivity index (χ2v) is 5.38. The van der Waals surface area contributed by atoms with Crippen LogP contribution in [0.5, 0.6) is 11.5 Å². The van der Waals surface area contributed by atoms with Crippen molar-refractivity contribution in [3.05, 3.63) is 59.5 Å². The zero-order chi connectivity index (χ0) is 17.8. The normalized spacial score (nSPS) is 10.5. The summed E-state index contributed by atoms with van der Waals surface area (Å²) in [5, 5.41) is 7.96. The number of ether oxygens (including phenoxy) is 2. The number of hydrogen-bond acceptors (Lipinski definition) is 6. The lowest BCUT2D eigenvalue weighted by Gasteiger charge is -2.08. The van der Waals surface area contributed by atoms with Crippen molar-refractivity contribution in [1.82, 2.24) is 10.2 Å². The molecule has 1 amide bonds. The summed E-state index contributed by atoms with van der Waals surface area (Å²) in [5.74, 6) is 1.24. The Bertz CT molecular complexity index is 888. The highest BCUT2D eigenvalue weighted by Crippen LogP contribution is 2.23. The molecule has 0 spiro atoms. The van der Waals surface area contributed by atoms with Crippen molar-refractivity contribution >= 4 is 5.91 Å². The number of amides is 1. The lowest BCUT2D eigenvalue weighted by Crippen LogP contribution is -2.13. The van der Waals surface area contributed by atoms with E-state index in [-0.39, 0.29) is 6.61 Å². The summed E-state index contributed by atoms with van der Waals surface area (Å²) in [6.45, 7) is 1.93. The maximum Gasteiger partial charge on any atom is 0.254 e. The molecule has 7 nitrogen and oxygen atoms in total. The Hall–Kier alpha value is -3.35. The highest BCUT2D eigenvalue weighted by molar-refractivity contribution is 5.95. The van der Waals surface area contributed by atoms with Crippen LogP contribution in [0.3, 0.4) is 0 Å². The molecule has 0 fully saturated rings. The fraction of sp³-hybridized carbons (Fsp3) is 0.167. The van der Waals surface area contributed by atoms with Gasteiger partial charge in [-0.05, 0) is 48.9 Å². The molecule has 0 saturated carbocycles. The van der Waals surface area contributed by atoms with Crippen molar-refractivity contribution in [2.24, 2.45) is 5.73 Å². The first-order valence-corrected chi connectivity index (χ1v) is 7.57. The van der Waals surface area contributed by atoms with E-state index in [1.54, 1.807) is 25.3 Å². The smallest absolute Gasteiger partial charge is 0.254 e. The van der Waals surface area contributed by atoms with Gasteiger partial charge < -0.3 is 19.6 Å². The number of nitrogens with zero attached hydrogens (tertiary/aromatic N) is 2. The topological polar surface area (TPSA) is 100 Å². The van der Waals surface area contributed by atoms with Crippen molar-refractivity contribution in [2.75, 3.05) is 7.11 Å². The van der Waals surface area contributed by atoms with E-state index in [4.69, 9.17) is 19.6 Å². The summed E-state index contributed by atoms with van der Waals surface area (Å²) in [4.78, 5) is 11.5. The first-order valence-electron chi connectivity index (χ1n) is 7.57. The zero-order valence-corrected chi connectivity index (χ0v) is 13.9. The molecular formula is C18H17N3O4. The monoisotopic (exact) mass is 339 g/mol. The number of methoxy groups -OCH3 is 1. The average Bonchev–Trinajstić information content (AvgIpc) is 3.09. The van der Waals surface area contributed by atoms with Gasteiger partial charge in [0.2, 0.25) is 5.89 Å². The van der Waals surface area contributed by atoms with Crippen LogP contribution in [0.2, 0.25) is 0 Å². The fourth-order valence-corrected chi connectivity index (χ4v) is 2.25. The Morgan fingerprint density at radius 1 is 1.16 bits per heavy atom. The van der Waals surface area contributed by atoms with E-state index >= 15 is 0 Å². The van der Waals surface area contributed by atoms with Crippen LogP contribution in [0.15, 0.2) is 46.9 Å². The maximum atomic E-state index is 11.5. The van der Waals surface area contributed by atoms with E-state index in [9.17, 15) is 4.79 Å². The average molecular weight is 339 g/mol. The first kappa shape index (κ1) is 16.5. The quantitative estimate of drug-likeness (QED) is 0.741. The standard InChI is InChI=1S/C18H17N3O4/c1-11-3-8-14(17(19)22)15(9-11)24-10-16-20-21-18(25-16)12-4-6-13(23-2)7-5-12/h3-9H,10H2,1-2H3,(H2,19,22). The molecule has 1 aromatic heterocycles. The van der Waals surface area contributed by atoms with Gasteiger partial charge in [0, 0.05) is 5.56 Å². The van der Waals surface area contributed by atoms with Gasteiger partial charge >= 0.3 is 0 Å². The first-order chi connectivity index (χ1) is 12.1. The van der Waals surface area contributed by atoms with Gasteiger partial charge in [0.1, 0.15) is 11.5 Å². The van der Waals surface area contributed by atoms with Crippen molar-refractivity contribution in [1.29, 1.82) is 0 Å². The lowest BCUT2D eigenvalue weighted by molar-refractivity contribution is 0.0995. The van der Waals surface area contributed by atoms with Crippen LogP contribution in [-0.4, -0.2) is 23.2 Å². The Morgan fingerprint density at radius 3 is 2.60 bits per heavy atom. The fourth-order valence-electron chi connectivity index (χ4n) is 2.25. The Labute approximate surface area is 144 Å². The van der Waals surface area contributed by atoms with Crippen molar-refractivity contribution in [3.8, 4) is 23.0 Å². The number of benzene rings is 2. The van der Waals surface area contributed by atoms with E-state index in [0.29, 0.717) is 23.1 Å². The maximum absolute atomic E-state index is 11.5. The van der Waals surface area contributed by atoms with Crippen LogP contribution in [-0.2, 0) is 6.61 Å².